The number of hydrogen-bond donors (Lipinski definition) is 2. The number of ketones is 1. The number of amides is 1. The molecule has 1 fully saturated rings. The van der Waals surface area contributed by atoms with Gasteiger partial charge >= 0.3 is 5.97 Å². The smallest absolute Gasteiger partial charge is 0.320 e. The summed E-state index contributed by atoms with van der Waals surface area (Å²) in [4.78, 5) is 37.0. The minimum Gasteiger partial charge on any atom is -0.496 e. The molecule has 27 heavy (non-hydrogen) atoms. The summed E-state index contributed by atoms with van der Waals surface area (Å²) in [5.74, 6) is -0.537. The Labute approximate surface area is 162 Å². The van der Waals surface area contributed by atoms with Gasteiger partial charge in [0, 0.05) is 25.2 Å². The Morgan fingerprint density at radius 1 is 1.30 bits per heavy atom. The lowest BCUT2D eigenvalue weighted by atomic mass is 10.0. The van der Waals surface area contributed by atoms with E-state index in [9.17, 15) is 14.4 Å². The molecular weight excluding hydrogens is 374 g/mol. The van der Waals surface area contributed by atoms with Gasteiger partial charge in [-0.1, -0.05) is 11.6 Å². The molecule has 8 nitrogen and oxygen atoms in total. The second-order valence-corrected chi connectivity index (χ2v) is 6.87. The number of nitrogens with two attached hydrogens (primary N) is 1. The second kappa shape index (κ2) is 9.57. The summed E-state index contributed by atoms with van der Waals surface area (Å²) in [5.41, 5.74) is 6.41. The van der Waals surface area contributed by atoms with Crippen LogP contribution in [0.1, 0.15) is 30.1 Å². The summed E-state index contributed by atoms with van der Waals surface area (Å²) in [6.07, 6.45) is 1.38. The third-order valence-electron chi connectivity index (χ3n) is 4.28. The van der Waals surface area contributed by atoms with E-state index in [4.69, 9.17) is 26.8 Å². The van der Waals surface area contributed by atoms with Gasteiger partial charge in [-0.3, -0.25) is 19.3 Å². The van der Waals surface area contributed by atoms with E-state index in [-0.39, 0.29) is 30.9 Å². The fourth-order valence-electron chi connectivity index (χ4n) is 2.82. The van der Waals surface area contributed by atoms with Crippen molar-refractivity contribution in [3.05, 3.63) is 22.7 Å². The van der Waals surface area contributed by atoms with Crippen LogP contribution in [-0.4, -0.2) is 62.0 Å². The average Bonchev–Trinajstić information content (AvgIpc) is 2.63. The molecule has 1 saturated heterocycles. The first kappa shape index (κ1) is 21.0. The Morgan fingerprint density at radius 3 is 2.56 bits per heavy atom. The van der Waals surface area contributed by atoms with Crippen LogP contribution in [0.3, 0.4) is 0 Å². The Balaban J connectivity index is 1.85. The maximum Gasteiger partial charge on any atom is 0.320 e. The molecule has 1 aliphatic heterocycles. The number of Topliss-reactive ketones (excluding diaryl/α,β-unsaturated/α-hetero) is 1. The van der Waals surface area contributed by atoms with Gasteiger partial charge in [0.1, 0.15) is 12.4 Å². The molecule has 0 saturated carbocycles. The normalized spacial score (nSPS) is 15.2. The van der Waals surface area contributed by atoms with Crippen LogP contribution in [0.5, 0.6) is 5.75 Å². The van der Waals surface area contributed by atoms with Gasteiger partial charge in [-0.2, -0.15) is 0 Å². The second-order valence-electron chi connectivity index (χ2n) is 6.46. The van der Waals surface area contributed by atoms with Gasteiger partial charge in [0.05, 0.1) is 29.9 Å². The summed E-state index contributed by atoms with van der Waals surface area (Å²) in [7, 11) is 1.46. The zero-order valence-corrected chi connectivity index (χ0v) is 16.2. The number of nitrogens with zero attached hydrogens (tertiary/aromatic N) is 1. The van der Waals surface area contributed by atoms with Gasteiger partial charge in [0.15, 0.2) is 5.78 Å². The zero-order chi connectivity index (χ0) is 20.0. The van der Waals surface area contributed by atoms with Crippen molar-refractivity contribution in [2.45, 2.75) is 25.8 Å². The van der Waals surface area contributed by atoms with Gasteiger partial charge in [-0.25, -0.2) is 0 Å². The van der Waals surface area contributed by atoms with E-state index in [2.05, 4.69) is 5.32 Å². The summed E-state index contributed by atoms with van der Waals surface area (Å²) in [6.45, 7) is 2.58. The number of esters is 1. The number of hydrogen-bond acceptors (Lipinski definition) is 7. The molecule has 0 radical (unpaired) electrons. The molecule has 2 rings (SSSR count). The lowest BCUT2D eigenvalue weighted by Crippen LogP contribution is -2.46. The first-order valence-corrected chi connectivity index (χ1v) is 8.99. The third-order valence-corrected chi connectivity index (χ3v) is 4.60. The predicted molar refractivity (Wildman–Crippen MR) is 101 cm³/mol. The SMILES string of the molecule is COc1cc(N)c(Cl)cc1C(=O)NC1CCN(CC(=O)OCC(C)=O)CC1. The highest BCUT2D eigenvalue weighted by Crippen LogP contribution is 2.29. The maximum absolute atomic E-state index is 12.6. The van der Waals surface area contributed by atoms with Crippen molar-refractivity contribution in [3.8, 4) is 5.75 Å². The number of rotatable bonds is 7. The predicted octanol–water partition coefficient (Wildman–Crippen LogP) is 1.26. The van der Waals surface area contributed by atoms with E-state index in [1.807, 2.05) is 4.90 Å². The summed E-state index contributed by atoms with van der Waals surface area (Å²) in [6, 6.07) is 2.99. The Hall–Kier alpha value is -2.32. The van der Waals surface area contributed by atoms with Crippen LogP contribution in [0.25, 0.3) is 0 Å². The number of likely N-dealkylation sites (tertiary alicyclic amines) is 1. The third kappa shape index (κ3) is 6.11. The minimum atomic E-state index is -0.422. The molecule has 148 valence electrons. The molecule has 0 aliphatic carbocycles. The van der Waals surface area contributed by atoms with Crippen LogP contribution in [0, 0.1) is 0 Å². The first-order chi connectivity index (χ1) is 12.8. The van der Waals surface area contributed by atoms with Gasteiger partial charge in [0.25, 0.3) is 5.91 Å². The van der Waals surface area contributed by atoms with E-state index in [0.29, 0.717) is 48.0 Å². The summed E-state index contributed by atoms with van der Waals surface area (Å²) < 4.78 is 10.1. The summed E-state index contributed by atoms with van der Waals surface area (Å²) in [5, 5.41) is 3.26. The first-order valence-electron chi connectivity index (χ1n) is 8.61. The van der Waals surface area contributed by atoms with E-state index in [1.165, 1.54) is 26.2 Å². The number of anilines is 1. The van der Waals surface area contributed by atoms with Gasteiger partial charge < -0.3 is 20.5 Å². The maximum atomic E-state index is 12.6. The number of nitrogen functional groups attached to an aromatic ring is 1. The highest BCUT2D eigenvalue weighted by Gasteiger charge is 2.24. The van der Waals surface area contributed by atoms with E-state index in [0.717, 1.165) is 0 Å². The molecular formula is C18H24ClN3O5. The average molecular weight is 398 g/mol. The number of piperidine rings is 1. The molecule has 0 aromatic heterocycles. The molecule has 1 aromatic carbocycles. The van der Waals surface area contributed by atoms with E-state index in [1.54, 1.807) is 0 Å². The fraction of sp³-hybridized carbons (Fsp3) is 0.500. The molecule has 0 unspecified atom stereocenters. The highest BCUT2D eigenvalue weighted by molar-refractivity contribution is 6.33. The molecule has 0 spiro atoms. The number of carbonyl (C=O) groups is 3. The number of benzene rings is 1. The summed E-state index contributed by atoms with van der Waals surface area (Å²) >= 11 is 6.01. The molecule has 1 aromatic rings. The van der Waals surface area contributed by atoms with Crippen molar-refractivity contribution >= 4 is 34.9 Å². The van der Waals surface area contributed by atoms with Crippen LogP contribution >= 0.6 is 11.6 Å². The van der Waals surface area contributed by atoms with E-state index < -0.39 is 5.97 Å². The number of nitrogens with one attached hydrogen (secondary N) is 1. The van der Waals surface area contributed by atoms with Crippen molar-refractivity contribution < 1.29 is 23.9 Å². The zero-order valence-electron chi connectivity index (χ0n) is 15.4. The Morgan fingerprint density at radius 2 is 1.96 bits per heavy atom. The molecule has 9 heteroatoms. The van der Waals surface area contributed by atoms with Crippen LogP contribution in [0.2, 0.25) is 5.02 Å². The molecule has 0 bridgehead atoms. The quantitative estimate of drug-likeness (QED) is 0.526. The topological polar surface area (TPSA) is 111 Å². The molecule has 0 atom stereocenters. The molecule has 1 heterocycles. The number of ether oxygens (including phenoxy) is 2. The number of methoxy groups -OCH3 is 1. The highest BCUT2D eigenvalue weighted by atomic mass is 35.5. The molecule has 3 N–H and O–H groups in total. The van der Waals surface area contributed by atoms with E-state index >= 15 is 0 Å². The van der Waals surface area contributed by atoms with Crippen molar-refractivity contribution in [3.63, 3.8) is 0 Å². The number of carbonyl (C=O) groups excluding carboxylic acids is 3. The standard InChI is InChI=1S/C18H24ClN3O5/c1-11(23)10-27-17(24)9-22-5-3-12(4-6-22)21-18(25)13-7-14(19)15(20)8-16(13)26-2/h7-8,12H,3-6,9-10,20H2,1-2H3,(H,21,25). The molecule has 1 aliphatic rings. The van der Waals surface area contributed by atoms with Crippen LogP contribution in [0.15, 0.2) is 12.1 Å². The van der Waals surface area contributed by atoms with Crippen LogP contribution in [-0.2, 0) is 14.3 Å². The Bertz CT molecular complexity index is 717. The van der Waals surface area contributed by atoms with Gasteiger partial charge in [-0.05, 0) is 25.8 Å². The van der Waals surface area contributed by atoms with Gasteiger partial charge in [-0.15, -0.1) is 0 Å². The lowest BCUT2D eigenvalue weighted by Gasteiger charge is -2.31. The van der Waals surface area contributed by atoms with Crippen molar-refractivity contribution in [2.24, 2.45) is 0 Å². The van der Waals surface area contributed by atoms with Crippen molar-refractivity contribution in [1.82, 2.24) is 10.2 Å². The fourth-order valence-corrected chi connectivity index (χ4v) is 2.99. The van der Waals surface area contributed by atoms with Crippen molar-refractivity contribution in [2.75, 3.05) is 39.1 Å². The van der Waals surface area contributed by atoms with Crippen molar-refractivity contribution in [1.29, 1.82) is 0 Å². The minimum absolute atomic E-state index is 0.0250. The van der Waals surface area contributed by atoms with Gasteiger partial charge in [0.2, 0.25) is 0 Å². The number of halogens is 1. The molecule has 1 amide bonds. The largest absolute Gasteiger partial charge is 0.496 e. The van der Waals surface area contributed by atoms with Crippen LogP contribution in [0.4, 0.5) is 5.69 Å². The lowest BCUT2D eigenvalue weighted by molar-refractivity contribution is -0.148. The Kier molecular flexibility index (Phi) is 7.44. The monoisotopic (exact) mass is 397 g/mol. The van der Waals surface area contributed by atoms with Crippen LogP contribution < -0.4 is 15.8 Å².